The van der Waals surface area contributed by atoms with Crippen molar-refractivity contribution in [2.75, 3.05) is 18.4 Å². The first-order valence-electron chi connectivity index (χ1n) is 10.0. The third kappa shape index (κ3) is 4.28. The van der Waals surface area contributed by atoms with Gasteiger partial charge in [-0.25, -0.2) is 0 Å². The van der Waals surface area contributed by atoms with Gasteiger partial charge >= 0.3 is 0 Å². The molecule has 1 aromatic carbocycles. The van der Waals surface area contributed by atoms with Crippen LogP contribution in [0, 0.1) is 12.8 Å². The molecular weight excluding hydrogens is 370 g/mol. The van der Waals surface area contributed by atoms with E-state index in [0.717, 1.165) is 42.9 Å². The molecule has 0 bridgehead atoms. The lowest BCUT2D eigenvalue weighted by Crippen LogP contribution is -2.44. The number of nitrogens with zero attached hydrogens (tertiary/aromatic N) is 1. The van der Waals surface area contributed by atoms with E-state index in [4.69, 9.17) is 0 Å². The number of aryl methyl sites for hydroxylation is 1. The van der Waals surface area contributed by atoms with Crippen LogP contribution in [0.25, 0.3) is 0 Å². The summed E-state index contributed by atoms with van der Waals surface area (Å²) in [6.45, 7) is 6.65. The number of rotatable bonds is 6. The van der Waals surface area contributed by atoms with Gasteiger partial charge in [-0.2, -0.15) is 0 Å². The van der Waals surface area contributed by atoms with Gasteiger partial charge in [-0.05, 0) is 55.9 Å². The molecule has 148 valence electrons. The van der Waals surface area contributed by atoms with Gasteiger partial charge in [-0.15, -0.1) is 11.3 Å². The first-order valence-corrected chi connectivity index (χ1v) is 10.8. The van der Waals surface area contributed by atoms with Crippen molar-refractivity contribution in [1.29, 1.82) is 0 Å². The molecule has 2 aromatic rings. The second-order valence-corrected chi connectivity index (χ2v) is 8.99. The van der Waals surface area contributed by atoms with Crippen LogP contribution < -0.4 is 10.6 Å². The summed E-state index contributed by atoms with van der Waals surface area (Å²) in [4.78, 5) is 27.7. The summed E-state index contributed by atoms with van der Waals surface area (Å²) in [6, 6.07) is 10.8. The normalized spacial score (nSPS) is 17.6. The Kier molecular flexibility index (Phi) is 5.51. The molecule has 0 saturated heterocycles. The van der Waals surface area contributed by atoms with E-state index in [9.17, 15) is 9.59 Å². The zero-order chi connectivity index (χ0) is 19.7. The Morgan fingerprint density at radius 1 is 1.25 bits per heavy atom. The minimum absolute atomic E-state index is 0.0568. The van der Waals surface area contributed by atoms with Crippen molar-refractivity contribution in [3.63, 3.8) is 0 Å². The summed E-state index contributed by atoms with van der Waals surface area (Å²) < 4.78 is 0. The molecule has 0 spiro atoms. The Hall–Kier alpha value is -2.18. The lowest BCUT2D eigenvalue weighted by Gasteiger charge is -2.33. The van der Waals surface area contributed by atoms with Gasteiger partial charge < -0.3 is 10.6 Å². The molecule has 1 saturated carbocycles. The fourth-order valence-electron chi connectivity index (χ4n) is 3.68. The Bertz CT molecular complexity index is 888. The smallest absolute Gasteiger partial charge is 0.261 e. The van der Waals surface area contributed by atoms with Crippen molar-refractivity contribution in [2.45, 2.75) is 45.7 Å². The molecule has 2 heterocycles. The second kappa shape index (κ2) is 8.05. The molecule has 1 fully saturated rings. The van der Waals surface area contributed by atoms with Crippen molar-refractivity contribution in [3.05, 3.63) is 51.9 Å². The monoisotopic (exact) mass is 397 g/mol. The summed E-state index contributed by atoms with van der Waals surface area (Å²) >= 11 is 1.36. The van der Waals surface area contributed by atoms with Crippen molar-refractivity contribution < 1.29 is 9.59 Å². The maximum absolute atomic E-state index is 12.7. The van der Waals surface area contributed by atoms with Crippen LogP contribution in [0.15, 0.2) is 30.3 Å². The number of anilines is 1. The molecule has 6 heteroatoms. The SMILES string of the molecule is Cc1cc(NC(=O)C2CC2)sc1C(=O)NCC(C)N1CCc2ccccc2C1. The minimum Gasteiger partial charge on any atom is -0.350 e. The molecular formula is C22H27N3O2S. The molecule has 28 heavy (non-hydrogen) atoms. The number of hydrogen-bond donors (Lipinski definition) is 2. The fraction of sp³-hybridized carbons (Fsp3) is 0.455. The third-order valence-corrected chi connectivity index (χ3v) is 6.81. The van der Waals surface area contributed by atoms with Gasteiger partial charge in [0, 0.05) is 31.6 Å². The predicted molar refractivity (Wildman–Crippen MR) is 113 cm³/mol. The van der Waals surface area contributed by atoms with Gasteiger partial charge in [0.05, 0.1) is 9.88 Å². The zero-order valence-corrected chi connectivity index (χ0v) is 17.3. The van der Waals surface area contributed by atoms with Crippen LogP contribution in [0.2, 0.25) is 0 Å². The van der Waals surface area contributed by atoms with Gasteiger partial charge in [0.15, 0.2) is 0 Å². The van der Waals surface area contributed by atoms with E-state index >= 15 is 0 Å². The number of carbonyl (C=O) groups excluding carboxylic acids is 2. The molecule has 2 amide bonds. The van der Waals surface area contributed by atoms with E-state index in [0.29, 0.717) is 11.4 Å². The van der Waals surface area contributed by atoms with E-state index in [1.165, 1.54) is 22.5 Å². The lowest BCUT2D eigenvalue weighted by atomic mass is 9.99. The summed E-state index contributed by atoms with van der Waals surface area (Å²) in [5.41, 5.74) is 3.73. The number of benzene rings is 1. The number of hydrogen-bond acceptors (Lipinski definition) is 4. The zero-order valence-electron chi connectivity index (χ0n) is 16.5. The molecule has 1 aliphatic heterocycles. The van der Waals surface area contributed by atoms with E-state index in [-0.39, 0.29) is 23.8 Å². The molecule has 1 aliphatic carbocycles. The van der Waals surface area contributed by atoms with Crippen LogP contribution in [0.1, 0.15) is 46.1 Å². The molecule has 1 unspecified atom stereocenters. The summed E-state index contributed by atoms with van der Waals surface area (Å²) in [7, 11) is 0. The highest BCUT2D eigenvalue weighted by molar-refractivity contribution is 7.18. The molecule has 2 aliphatic rings. The van der Waals surface area contributed by atoms with Gasteiger partial charge in [-0.3, -0.25) is 14.5 Å². The molecule has 5 nitrogen and oxygen atoms in total. The van der Waals surface area contributed by atoms with E-state index in [1.807, 2.05) is 13.0 Å². The average molecular weight is 398 g/mol. The van der Waals surface area contributed by atoms with Crippen LogP contribution in [0.4, 0.5) is 5.00 Å². The molecule has 1 atom stereocenters. The van der Waals surface area contributed by atoms with Crippen molar-refractivity contribution in [2.24, 2.45) is 5.92 Å². The number of fused-ring (bicyclic) bond motifs is 1. The first-order chi connectivity index (χ1) is 13.5. The van der Waals surface area contributed by atoms with Crippen molar-refractivity contribution >= 4 is 28.2 Å². The summed E-state index contributed by atoms with van der Waals surface area (Å²) in [5.74, 6) is 0.182. The highest BCUT2D eigenvalue weighted by atomic mass is 32.1. The fourth-order valence-corrected chi connectivity index (χ4v) is 4.67. The number of nitrogens with one attached hydrogen (secondary N) is 2. The number of thiophene rings is 1. The highest BCUT2D eigenvalue weighted by Crippen LogP contribution is 2.32. The predicted octanol–water partition coefficient (Wildman–Crippen LogP) is 3.58. The molecule has 2 N–H and O–H groups in total. The standard InChI is InChI=1S/C22H27N3O2S/c1-14-11-19(24-21(26)17-7-8-17)28-20(14)22(27)23-12-15(2)25-10-9-16-5-3-4-6-18(16)13-25/h3-6,11,15,17H,7-10,12-13H2,1-2H3,(H,23,27)(H,24,26). The van der Waals surface area contributed by atoms with Crippen molar-refractivity contribution in [1.82, 2.24) is 10.2 Å². The van der Waals surface area contributed by atoms with Crippen LogP contribution in [0.3, 0.4) is 0 Å². The van der Waals surface area contributed by atoms with E-state index in [2.05, 4.69) is 46.7 Å². The molecule has 4 rings (SSSR count). The van der Waals surface area contributed by atoms with Crippen molar-refractivity contribution in [3.8, 4) is 0 Å². The largest absolute Gasteiger partial charge is 0.350 e. The second-order valence-electron chi connectivity index (χ2n) is 7.93. The Balaban J connectivity index is 1.31. The Morgan fingerprint density at radius 2 is 2.00 bits per heavy atom. The molecule has 1 aromatic heterocycles. The minimum atomic E-state index is -0.0568. The quantitative estimate of drug-likeness (QED) is 0.783. The topological polar surface area (TPSA) is 61.4 Å². The molecule has 0 radical (unpaired) electrons. The summed E-state index contributed by atoms with van der Waals surface area (Å²) in [5, 5.41) is 6.78. The van der Waals surface area contributed by atoms with Crippen LogP contribution in [-0.4, -0.2) is 35.8 Å². The van der Waals surface area contributed by atoms with Gasteiger partial charge in [0.2, 0.25) is 5.91 Å². The maximum atomic E-state index is 12.7. The van der Waals surface area contributed by atoms with E-state index < -0.39 is 0 Å². The van der Waals surface area contributed by atoms with Gasteiger partial charge in [-0.1, -0.05) is 24.3 Å². The van der Waals surface area contributed by atoms with Crippen LogP contribution in [0.5, 0.6) is 0 Å². The lowest BCUT2D eigenvalue weighted by molar-refractivity contribution is -0.117. The van der Waals surface area contributed by atoms with E-state index in [1.54, 1.807) is 0 Å². The van der Waals surface area contributed by atoms with Gasteiger partial charge in [0.25, 0.3) is 5.91 Å². The van der Waals surface area contributed by atoms with Crippen LogP contribution in [-0.2, 0) is 17.8 Å². The Labute approximate surface area is 170 Å². The third-order valence-electron chi connectivity index (χ3n) is 5.66. The van der Waals surface area contributed by atoms with Gasteiger partial charge in [0.1, 0.15) is 0 Å². The summed E-state index contributed by atoms with van der Waals surface area (Å²) in [6.07, 6.45) is 3.01. The average Bonchev–Trinajstić information content (AvgIpc) is 3.49. The maximum Gasteiger partial charge on any atom is 0.261 e. The number of carbonyl (C=O) groups is 2. The Morgan fingerprint density at radius 3 is 2.75 bits per heavy atom. The van der Waals surface area contributed by atoms with Crippen LogP contribution >= 0.6 is 11.3 Å². The highest BCUT2D eigenvalue weighted by Gasteiger charge is 2.30. The first kappa shape index (κ1) is 19.2. The number of amides is 2.